The SMILES string of the molecule is Cc1ccc(N)nc1.Cc1ccc(NC(c2ccc(Cl)c(Cl)c2)c2ccc3cccnc3c2O)nc1.O=Cc1ccc(Cl)c(Cl)c1.Oc1cccc2cccnc12. The molecule has 0 saturated carbocycles. The first-order valence-corrected chi connectivity index (χ1v) is 18.8. The van der Waals surface area contributed by atoms with Crippen LogP contribution in [0.2, 0.25) is 20.1 Å². The van der Waals surface area contributed by atoms with Gasteiger partial charge in [-0.25, -0.2) is 9.97 Å². The van der Waals surface area contributed by atoms with Gasteiger partial charge in [-0.1, -0.05) is 107 Å². The summed E-state index contributed by atoms with van der Waals surface area (Å²) < 4.78 is 0. The van der Waals surface area contributed by atoms with Gasteiger partial charge in [0.05, 0.1) is 26.1 Å². The van der Waals surface area contributed by atoms with E-state index in [9.17, 15) is 15.0 Å². The molecule has 1 atom stereocenters. The summed E-state index contributed by atoms with van der Waals surface area (Å²) in [6, 6.07) is 34.0. The van der Waals surface area contributed by atoms with Crippen molar-refractivity contribution in [2.75, 3.05) is 11.1 Å². The number of aldehydes is 1. The summed E-state index contributed by atoms with van der Waals surface area (Å²) in [5, 5.41) is 27.3. The molecule has 1 unspecified atom stereocenters. The topological polar surface area (TPSA) is 147 Å². The number of rotatable bonds is 5. The Bertz CT molecular complexity index is 2570. The summed E-state index contributed by atoms with van der Waals surface area (Å²) >= 11 is 23.5. The van der Waals surface area contributed by atoms with E-state index >= 15 is 0 Å². The Hall–Kier alpha value is -5.97. The number of fused-ring (bicyclic) bond motifs is 2. The van der Waals surface area contributed by atoms with Crippen LogP contribution in [-0.4, -0.2) is 36.4 Å². The first-order chi connectivity index (χ1) is 27.4. The molecule has 13 heteroatoms. The number of hydrogen-bond donors (Lipinski definition) is 4. The summed E-state index contributed by atoms with van der Waals surface area (Å²) in [5.74, 6) is 1.62. The van der Waals surface area contributed by atoms with Gasteiger partial charge in [-0.2, -0.15) is 0 Å². The molecule has 0 amide bonds. The van der Waals surface area contributed by atoms with E-state index in [-0.39, 0.29) is 11.5 Å². The number of aryl methyl sites for hydroxylation is 2. The molecule has 0 aliphatic rings. The van der Waals surface area contributed by atoms with Gasteiger partial charge in [0.25, 0.3) is 0 Å². The van der Waals surface area contributed by atoms with Gasteiger partial charge in [-0.3, -0.25) is 14.8 Å². The number of phenolic OH excluding ortho intramolecular Hbond substituents is 2. The molecule has 0 spiro atoms. The molecule has 0 aliphatic heterocycles. The van der Waals surface area contributed by atoms with E-state index in [1.807, 2.05) is 80.6 Å². The Kier molecular flexibility index (Phi) is 15.0. The van der Waals surface area contributed by atoms with Gasteiger partial charge in [0.2, 0.25) is 0 Å². The number of aromatic nitrogens is 4. The van der Waals surface area contributed by atoms with E-state index in [0.717, 1.165) is 33.7 Å². The van der Waals surface area contributed by atoms with Crippen LogP contribution in [0.3, 0.4) is 0 Å². The average Bonchev–Trinajstić information content (AvgIpc) is 3.22. The first kappa shape index (κ1) is 42.2. The van der Waals surface area contributed by atoms with Gasteiger partial charge in [0.15, 0.2) is 0 Å². The lowest BCUT2D eigenvalue weighted by Crippen LogP contribution is -2.14. The fourth-order valence-electron chi connectivity index (χ4n) is 5.26. The fraction of sp³-hybridized carbons (Fsp3) is 0.0682. The summed E-state index contributed by atoms with van der Waals surface area (Å²) in [7, 11) is 0. The molecule has 0 radical (unpaired) electrons. The number of nitrogens with two attached hydrogens (primary N) is 1. The zero-order valence-corrected chi connectivity index (χ0v) is 33.6. The highest BCUT2D eigenvalue weighted by Crippen LogP contribution is 2.38. The Morgan fingerprint density at radius 2 is 1.25 bits per heavy atom. The Morgan fingerprint density at radius 1 is 0.632 bits per heavy atom. The molecular formula is C44H36Cl4N6O3. The van der Waals surface area contributed by atoms with Gasteiger partial charge >= 0.3 is 0 Å². The Morgan fingerprint density at radius 3 is 1.82 bits per heavy atom. The van der Waals surface area contributed by atoms with Crippen molar-refractivity contribution >= 4 is 86.1 Å². The molecule has 5 N–H and O–H groups in total. The summed E-state index contributed by atoms with van der Waals surface area (Å²) in [5.41, 5.74) is 10.8. The van der Waals surface area contributed by atoms with Crippen molar-refractivity contribution in [3.8, 4) is 11.5 Å². The third-order valence-electron chi connectivity index (χ3n) is 8.20. The predicted octanol–water partition coefficient (Wildman–Crippen LogP) is 11.9. The number of carbonyl (C=O) groups excluding carboxylic acids is 1. The van der Waals surface area contributed by atoms with Crippen molar-refractivity contribution < 1.29 is 15.0 Å². The van der Waals surface area contributed by atoms with Crippen molar-refractivity contribution in [2.24, 2.45) is 0 Å². The van der Waals surface area contributed by atoms with Crippen LogP contribution in [0.5, 0.6) is 11.5 Å². The number of hydrogen-bond acceptors (Lipinski definition) is 9. The van der Waals surface area contributed by atoms with E-state index in [1.165, 1.54) is 6.07 Å². The highest BCUT2D eigenvalue weighted by Gasteiger charge is 2.21. The zero-order chi connectivity index (χ0) is 40.9. The Labute approximate surface area is 349 Å². The molecule has 0 bridgehead atoms. The van der Waals surface area contributed by atoms with Crippen molar-refractivity contribution in [2.45, 2.75) is 19.9 Å². The lowest BCUT2D eigenvalue weighted by molar-refractivity contribution is 0.112. The molecule has 4 aromatic heterocycles. The minimum Gasteiger partial charge on any atom is -0.506 e. The summed E-state index contributed by atoms with van der Waals surface area (Å²) in [6.07, 6.45) is 7.59. The lowest BCUT2D eigenvalue weighted by Gasteiger charge is -2.22. The third-order valence-corrected chi connectivity index (χ3v) is 9.67. The van der Waals surface area contributed by atoms with Gasteiger partial charge in [0.1, 0.15) is 40.5 Å². The molecule has 8 aromatic rings. The standard InChI is InChI=1S/C22H17Cl2N3O.C9H7NO.C7H4Cl2O.C6H8N2/c1-13-4-9-19(26-12-13)27-20(15-6-8-17(23)18(24)11-15)16-7-5-14-3-2-10-25-21(14)22(16)28;11-8-5-1-3-7-4-2-6-10-9(7)8;8-6-2-1-5(4-10)3-7(6)9;1-5-2-3-6(7)8-4-5/h2-12,20,28H,1H3,(H,26,27);1-6,11H;1-4H;2-4H,1H3,(H2,7,8). The van der Waals surface area contributed by atoms with Gasteiger partial charge in [-0.15, -0.1) is 0 Å². The van der Waals surface area contributed by atoms with E-state index in [4.69, 9.17) is 52.1 Å². The third kappa shape index (κ3) is 11.8. The number of halogens is 4. The van der Waals surface area contributed by atoms with Gasteiger partial charge < -0.3 is 21.3 Å². The smallest absolute Gasteiger partial charge is 0.150 e. The monoisotopic (exact) mass is 836 g/mol. The van der Waals surface area contributed by atoms with Crippen LogP contribution in [0.15, 0.2) is 140 Å². The van der Waals surface area contributed by atoms with Crippen LogP contribution < -0.4 is 11.1 Å². The normalized spacial score (nSPS) is 10.8. The predicted molar refractivity (Wildman–Crippen MR) is 233 cm³/mol. The fourth-order valence-corrected chi connectivity index (χ4v) is 5.88. The molecule has 57 heavy (non-hydrogen) atoms. The van der Waals surface area contributed by atoms with Crippen LogP contribution >= 0.6 is 46.4 Å². The molecule has 4 aromatic carbocycles. The number of nitrogen functional groups attached to an aromatic ring is 1. The molecule has 0 saturated heterocycles. The zero-order valence-electron chi connectivity index (χ0n) is 30.6. The average molecular weight is 839 g/mol. The van der Waals surface area contributed by atoms with E-state index < -0.39 is 6.04 Å². The molecule has 0 aliphatic carbocycles. The van der Waals surface area contributed by atoms with Crippen molar-refractivity contribution in [1.29, 1.82) is 0 Å². The second kappa shape index (κ2) is 20.3. The quantitative estimate of drug-likeness (QED) is 0.124. The maximum Gasteiger partial charge on any atom is 0.150 e. The number of phenols is 2. The maximum absolute atomic E-state index is 10.9. The number of nitrogens with one attached hydrogen (secondary N) is 1. The number of pyridine rings is 4. The van der Waals surface area contributed by atoms with Crippen LogP contribution in [0, 0.1) is 13.8 Å². The Balaban J connectivity index is 0.000000173. The van der Waals surface area contributed by atoms with Crippen molar-refractivity contribution in [3.63, 3.8) is 0 Å². The minimum atomic E-state index is -0.392. The highest BCUT2D eigenvalue weighted by atomic mass is 35.5. The summed E-state index contributed by atoms with van der Waals surface area (Å²) in [4.78, 5) is 26.8. The number of para-hydroxylation sites is 1. The second-order valence-corrected chi connectivity index (χ2v) is 14.1. The molecule has 4 heterocycles. The van der Waals surface area contributed by atoms with Crippen molar-refractivity contribution in [3.05, 3.63) is 188 Å². The van der Waals surface area contributed by atoms with Gasteiger partial charge in [-0.05, 0) is 85.1 Å². The molecule has 8 rings (SSSR count). The van der Waals surface area contributed by atoms with Crippen molar-refractivity contribution in [1.82, 2.24) is 19.9 Å². The molecule has 288 valence electrons. The highest BCUT2D eigenvalue weighted by molar-refractivity contribution is 6.42. The van der Waals surface area contributed by atoms with Gasteiger partial charge in [0, 0.05) is 46.7 Å². The van der Waals surface area contributed by atoms with Crippen LogP contribution in [-0.2, 0) is 0 Å². The second-order valence-electron chi connectivity index (χ2n) is 12.5. The van der Waals surface area contributed by atoms with E-state index in [0.29, 0.717) is 53.9 Å². The maximum atomic E-state index is 10.9. The summed E-state index contributed by atoms with van der Waals surface area (Å²) in [6.45, 7) is 3.96. The largest absolute Gasteiger partial charge is 0.506 e. The first-order valence-electron chi connectivity index (χ1n) is 17.2. The molecular weight excluding hydrogens is 802 g/mol. The molecule has 9 nitrogen and oxygen atoms in total. The lowest BCUT2D eigenvalue weighted by atomic mass is 9.96. The van der Waals surface area contributed by atoms with Crippen LogP contribution in [0.1, 0.15) is 38.7 Å². The van der Waals surface area contributed by atoms with Crippen LogP contribution in [0.25, 0.3) is 21.8 Å². The van der Waals surface area contributed by atoms with E-state index in [1.54, 1.807) is 67.3 Å². The number of benzene rings is 4. The number of nitrogens with zero attached hydrogens (tertiary/aromatic N) is 4. The molecule has 0 fully saturated rings. The van der Waals surface area contributed by atoms with Crippen LogP contribution in [0.4, 0.5) is 11.6 Å². The minimum absolute atomic E-state index is 0.119. The number of anilines is 2. The number of aromatic hydroxyl groups is 2. The van der Waals surface area contributed by atoms with E-state index in [2.05, 4.69) is 25.3 Å². The number of carbonyl (C=O) groups is 1.